The Kier molecular flexibility index (Phi) is 27.6. The Labute approximate surface area is 238 Å². The zero-order valence-corrected chi connectivity index (χ0v) is 25.4. The first-order valence-corrected chi connectivity index (χ1v) is 13.2. The van der Waals surface area contributed by atoms with Crippen LogP contribution in [0.1, 0.15) is 90.4 Å². The molecule has 3 aliphatic rings. The van der Waals surface area contributed by atoms with E-state index in [4.69, 9.17) is 0 Å². The van der Waals surface area contributed by atoms with Gasteiger partial charge in [0.05, 0.1) is 0 Å². The Bertz CT molecular complexity index is 710. The van der Waals surface area contributed by atoms with Gasteiger partial charge in [0.15, 0.2) is 0 Å². The zero-order valence-electron chi connectivity index (χ0n) is 22.6. The number of unbranched alkanes of at least 4 members (excludes halogenated alkanes) is 8. The summed E-state index contributed by atoms with van der Waals surface area (Å²) in [7, 11) is 0. The third-order valence-electron chi connectivity index (χ3n) is 5.36. The minimum absolute atomic E-state index is 0. The van der Waals surface area contributed by atoms with Gasteiger partial charge >= 0.3 is 0 Å². The molecule has 3 rings (SSSR count). The van der Waals surface area contributed by atoms with Crippen LogP contribution in [0, 0.1) is 0 Å². The van der Waals surface area contributed by atoms with Gasteiger partial charge in [0.25, 0.3) is 0 Å². The van der Waals surface area contributed by atoms with Crippen LogP contribution in [0.25, 0.3) is 0 Å². The average Bonchev–Trinajstić information content (AvgIpc) is 2.85. The molecule has 196 valence electrons. The van der Waals surface area contributed by atoms with Crippen molar-refractivity contribution in [2.75, 3.05) is 0 Å². The van der Waals surface area contributed by atoms with E-state index in [0.717, 1.165) is 32.1 Å². The van der Waals surface area contributed by atoms with Crippen LogP contribution in [0.3, 0.4) is 0 Å². The molecule has 0 saturated heterocycles. The summed E-state index contributed by atoms with van der Waals surface area (Å²) < 4.78 is 0. The summed E-state index contributed by atoms with van der Waals surface area (Å²) in [5.41, 5.74) is 3.59. The molecular weight excluding hydrogens is 547 g/mol. The van der Waals surface area contributed by atoms with Crippen molar-refractivity contribution in [2.24, 2.45) is 0 Å². The summed E-state index contributed by atoms with van der Waals surface area (Å²) in [5, 5.41) is 10.1. The van der Waals surface area contributed by atoms with E-state index in [2.05, 4.69) is 44.9 Å². The van der Waals surface area contributed by atoms with Gasteiger partial charge in [-0.3, -0.25) is 0 Å². The normalized spacial score (nSPS) is 14.5. The number of hydrogen-bond acceptors (Lipinski definition) is 2. The van der Waals surface area contributed by atoms with Crippen molar-refractivity contribution in [3.05, 3.63) is 109 Å². The molecule has 4 radical (unpaired) electrons. The fourth-order valence-corrected chi connectivity index (χ4v) is 3.25. The molecule has 0 saturated carbocycles. The minimum Gasteiger partial charge on any atom is -0.550 e. The Hall–Kier alpha value is -2.07. The predicted octanol–water partition coefficient (Wildman–Crippen LogP) is 8.45. The van der Waals surface area contributed by atoms with E-state index >= 15 is 0 Å². The first-order valence-electron chi connectivity index (χ1n) is 13.2. The fourth-order valence-electron chi connectivity index (χ4n) is 3.25. The molecular formula is C33H47O2Sn-. The van der Waals surface area contributed by atoms with Crippen molar-refractivity contribution in [1.29, 1.82) is 0 Å². The summed E-state index contributed by atoms with van der Waals surface area (Å²) in [4.78, 5) is 10.1. The molecule has 0 aromatic carbocycles. The molecule has 0 heterocycles. The van der Waals surface area contributed by atoms with Crippen LogP contribution in [0.15, 0.2) is 109 Å². The number of carbonyl (C=O) groups is 1. The van der Waals surface area contributed by atoms with E-state index in [1.165, 1.54) is 61.7 Å². The molecule has 2 nitrogen and oxygen atoms in total. The molecule has 3 aliphatic carbocycles. The van der Waals surface area contributed by atoms with Crippen molar-refractivity contribution in [3.63, 3.8) is 0 Å². The number of rotatable bonds is 10. The summed E-state index contributed by atoms with van der Waals surface area (Å²) >= 11 is 0. The van der Waals surface area contributed by atoms with Crippen LogP contribution in [0.4, 0.5) is 0 Å². The van der Waals surface area contributed by atoms with Gasteiger partial charge < -0.3 is 9.90 Å². The number of carboxylic acid groups (broad SMARTS) is 1. The van der Waals surface area contributed by atoms with Crippen LogP contribution >= 0.6 is 0 Å². The molecule has 0 fully saturated rings. The van der Waals surface area contributed by atoms with Crippen molar-refractivity contribution in [2.45, 2.75) is 90.4 Å². The number of hydrogen-bond donors (Lipinski definition) is 0. The topological polar surface area (TPSA) is 40.1 Å². The SMILES string of the molecule is C=C1C=CC=CC1.C=C1C=CC=CC1.C=C1C=CC=CC1.CCCCCCCCCCCC(=O)[O-].[Sn]. The first kappa shape index (κ1) is 36.1. The number of carbonyl (C=O) groups excluding carboxylic acids is 1. The van der Waals surface area contributed by atoms with Crippen molar-refractivity contribution < 1.29 is 9.90 Å². The summed E-state index contributed by atoms with van der Waals surface area (Å²) in [6.07, 6.45) is 38.7. The molecule has 0 bridgehead atoms. The van der Waals surface area contributed by atoms with Gasteiger partial charge in [-0.05, 0) is 32.1 Å². The fraction of sp³-hybridized carbons (Fsp3) is 0.424. The second kappa shape index (κ2) is 27.5. The standard InChI is InChI=1S/C12H24O2.3C7H8.Sn/c1-2-3-4-5-6-7-8-9-10-11-12(13)14;3*1-7-5-3-2-4-6-7;/h2-11H2,1H3,(H,13,14);3*2-5H,1,6H2;/p-1. The third-order valence-corrected chi connectivity index (χ3v) is 5.36. The molecule has 0 aromatic heterocycles. The maximum absolute atomic E-state index is 10.1. The van der Waals surface area contributed by atoms with Crippen LogP contribution in [0.2, 0.25) is 0 Å². The second-order valence-corrected chi connectivity index (χ2v) is 8.90. The largest absolute Gasteiger partial charge is 0.550 e. The van der Waals surface area contributed by atoms with Crippen molar-refractivity contribution in [1.82, 2.24) is 0 Å². The van der Waals surface area contributed by atoms with Crippen LogP contribution < -0.4 is 5.11 Å². The summed E-state index contributed by atoms with van der Waals surface area (Å²) in [6, 6.07) is 0. The van der Waals surface area contributed by atoms with Gasteiger partial charge in [-0.25, -0.2) is 0 Å². The quantitative estimate of drug-likeness (QED) is 0.188. The number of carboxylic acids is 1. The van der Waals surface area contributed by atoms with Crippen molar-refractivity contribution >= 4 is 29.9 Å². The molecule has 0 unspecified atom stereocenters. The van der Waals surface area contributed by atoms with Crippen LogP contribution in [0.5, 0.6) is 0 Å². The molecule has 0 spiro atoms. The summed E-state index contributed by atoms with van der Waals surface area (Å²) in [6.45, 7) is 13.6. The van der Waals surface area contributed by atoms with E-state index in [-0.39, 0.29) is 30.3 Å². The van der Waals surface area contributed by atoms with Gasteiger partial charge in [0, 0.05) is 29.9 Å². The van der Waals surface area contributed by atoms with E-state index in [0.29, 0.717) is 0 Å². The van der Waals surface area contributed by atoms with Gasteiger partial charge in [0.1, 0.15) is 0 Å². The maximum Gasteiger partial charge on any atom is 0.0414 e. The Morgan fingerprint density at radius 3 is 1.19 bits per heavy atom. The van der Waals surface area contributed by atoms with E-state index in [1.807, 2.05) is 54.7 Å². The van der Waals surface area contributed by atoms with Gasteiger partial charge in [-0.1, -0.05) is 168 Å². The van der Waals surface area contributed by atoms with E-state index < -0.39 is 5.97 Å². The van der Waals surface area contributed by atoms with Gasteiger partial charge in [-0.15, -0.1) is 0 Å². The first-order chi connectivity index (χ1) is 17.0. The van der Waals surface area contributed by atoms with E-state index in [1.54, 1.807) is 0 Å². The molecule has 0 atom stereocenters. The monoisotopic (exact) mass is 595 g/mol. The Balaban J connectivity index is 0. The zero-order chi connectivity index (χ0) is 26.0. The minimum atomic E-state index is -0.909. The van der Waals surface area contributed by atoms with Gasteiger partial charge in [-0.2, -0.15) is 0 Å². The van der Waals surface area contributed by atoms with Gasteiger partial charge in [0.2, 0.25) is 0 Å². The number of allylic oxidation sites excluding steroid dienone is 15. The maximum atomic E-state index is 10.1. The van der Waals surface area contributed by atoms with Crippen LogP contribution in [-0.4, -0.2) is 29.9 Å². The Morgan fingerprint density at radius 2 is 0.972 bits per heavy atom. The summed E-state index contributed by atoms with van der Waals surface area (Å²) in [5.74, 6) is -0.909. The molecule has 0 aliphatic heterocycles. The molecule has 0 aromatic rings. The van der Waals surface area contributed by atoms with Crippen LogP contribution in [-0.2, 0) is 4.79 Å². The smallest absolute Gasteiger partial charge is 0.0414 e. The number of aliphatic carboxylic acids is 1. The molecule has 36 heavy (non-hydrogen) atoms. The third kappa shape index (κ3) is 28.2. The molecule has 0 amide bonds. The molecule has 0 N–H and O–H groups in total. The predicted molar refractivity (Wildman–Crippen MR) is 159 cm³/mol. The average molecular weight is 594 g/mol. The second-order valence-electron chi connectivity index (χ2n) is 8.90. The van der Waals surface area contributed by atoms with E-state index in [9.17, 15) is 9.90 Å². The van der Waals surface area contributed by atoms with Crippen molar-refractivity contribution in [3.8, 4) is 0 Å². The molecule has 3 heteroatoms. The Morgan fingerprint density at radius 1 is 0.639 bits per heavy atom.